The number of nitrogens with zero attached hydrogens (tertiary/aromatic N) is 5. The number of piperazine rings is 2. The van der Waals surface area contributed by atoms with Gasteiger partial charge in [-0.15, -0.1) is 11.3 Å². The molecule has 0 bridgehead atoms. The van der Waals surface area contributed by atoms with Gasteiger partial charge in [0.2, 0.25) is 5.91 Å². The molecular formula is C23H32N6OS. The number of hydrogen-bond donors (Lipinski definition) is 1. The highest BCUT2D eigenvalue weighted by Crippen LogP contribution is 2.22. The van der Waals surface area contributed by atoms with Gasteiger partial charge >= 0.3 is 0 Å². The third-order valence-corrected chi connectivity index (χ3v) is 6.91. The monoisotopic (exact) mass is 440 g/mol. The molecule has 7 nitrogen and oxygen atoms in total. The average molecular weight is 441 g/mol. The molecule has 0 saturated carbocycles. The molecule has 1 aromatic carbocycles. The molecule has 3 heterocycles. The Kier molecular flexibility index (Phi) is 7.30. The minimum atomic E-state index is 0.221. The molecule has 2 aromatic rings. The lowest BCUT2D eigenvalue weighted by atomic mass is 10.2. The Labute approximate surface area is 189 Å². The van der Waals surface area contributed by atoms with Crippen LogP contribution in [0.25, 0.3) is 0 Å². The summed E-state index contributed by atoms with van der Waals surface area (Å²) in [5, 5.41) is 6.86. The van der Waals surface area contributed by atoms with Crippen molar-refractivity contribution in [1.82, 2.24) is 15.1 Å². The van der Waals surface area contributed by atoms with Crippen molar-refractivity contribution in [3.8, 4) is 0 Å². The van der Waals surface area contributed by atoms with E-state index in [0.717, 1.165) is 58.3 Å². The number of para-hydroxylation sites is 1. The summed E-state index contributed by atoms with van der Waals surface area (Å²) in [5.41, 5.74) is 1.24. The Morgan fingerprint density at radius 2 is 1.58 bits per heavy atom. The second kappa shape index (κ2) is 10.5. The first kappa shape index (κ1) is 21.5. The predicted octanol–water partition coefficient (Wildman–Crippen LogP) is 2.18. The zero-order valence-electron chi connectivity index (χ0n) is 18.2. The van der Waals surface area contributed by atoms with Gasteiger partial charge in [0.25, 0.3) is 0 Å². The fraction of sp³-hybridized carbons (Fsp3) is 0.478. The van der Waals surface area contributed by atoms with Crippen LogP contribution in [-0.2, 0) is 4.79 Å². The lowest BCUT2D eigenvalue weighted by Gasteiger charge is -2.37. The summed E-state index contributed by atoms with van der Waals surface area (Å²) < 4.78 is 0. The molecule has 2 aliphatic heterocycles. The van der Waals surface area contributed by atoms with Crippen molar-refractivity contribution in [1.29, 1.82) is 0 Å². The molecule has 1 amide bonds. The summed E-state index contributed by atoms with van der Waals surface area (Å²) in [5.74, 6) is 1.12. The fourth-order valence-corrected chi connectivity index (χ4v) is 5.00. The molecule has 166 valence electrons. The van der Waals surface area contributed by atoms with E-state index in [-0.39, 0.29) is 5.91 Å². The van der Waals surface area contributed by atoms with Crippen molar-refractivity contribution < 1.29 is 4.79 Å². The second-order valence-corrected chi connectivity index (χ2v) is 8.78. The van der Waals surface area contributed by atoms with Crippen molar-refractivity contribution in [2.75, 3.05) is 75.8 Å². The summed E-state index contributed by atoms with van der Waals surface area (Å²) in [6.07, 6.45) is 0.500. The van der Waals surface area contributed by atoms with Crippen LogP contribution in [0.1, 0.15) is 6.42 Å². The van der Waals surface area contributed by atoms with E-state index in [2.05, 4.69) is 66.8 Å². The van der Waals surface area contributed by atoms with Crippen molar-refractivity contribution in [2.45, 2.75) is 6.42 Å². The zero-order chi connectivity index (χ0) is 21.5. The maximum Gasteiger partial charge on any atom is 0.224 e. The highest BCUT2D eigenvalue weighted by molar-refractivity contribution is 7.14. The van der Waals surface area contributed by atoms with Crippen LogP contribution in [0.15, 0.2) is 52.8 Å². The number of anilines is 2. The van der Waals surface area contributed by atoms with E-state index < -0.39 is 0 Å². The van der Waals surface area contributed by atoms with E-state index in [1.807, 2.05) is 18.0 Å². The van der Waals surface area contributed by atoms with Gasteiger partial charge in [-0.3, -0.25) is 9.79 Å². The first-order valence-electron chi connectivity index (χ1n) is 11.1. The van der Waals surface area contributed by atoms with Crippen LogP contribution < -0.4 is 15.1 Å². The van der Waals surface area contributed by atoms with Crippen molar-refractivity contribution in [2.24, 2.45) is 4.99 Å². The van der Waals surface area contributed by atoms with Crippen LogP contribution in [0, 0.1) is 0 Å². The number of amides is 1. The van der Waals surface area contributed by atoms with Gasteiger partial charge in [0.05, 0.1) is 5.00 Å². The summed E-state index contributed by atoms with van der Waals surface area (Å²) in [7, 11) is 1.82. The minimum absolute atomic E-state index is 0.221. The normalized spacial score (nSPS) is 17.8. The van der Waals surface area contributed by atoms with E-state index in [9.17, 15) is 4.79 Å². The Balaban J connectivity index is 1.17. The van der Waals surface area contributed by atoms with Gasteiger partial charge in [0.1, 0.15) is 0 Å². The molecule has 4 rings (SSSR count). The number of carbonyl (C=O) groups excluding carboxylic acids is 1. The highest BCUT2D eigenvalue weighted by atomic mass is 32.1. The van der Waals surface area contributed by atoms with Gasteiger partial charge in [0.15, 0.2) is 5.96 Å². The van der Waals surface area contributed by atoms with Crippen LogP contribution >= 0.6 is 11.3 Å². The number of guanidine groups is 1. The first-order valence-corrected chi connectivity index (χ1v) is 11.9. The predicted molar refractivity (Wildman–Crippen MR) is 129 cm³/mol. The Bertz CT molecular complexity index is 840. The van der Waals surface area contributed by atoms with Crippen LogP contribution in [-0.4, -0.2) is 87.6 Å². The van der Waals surface area contributed by atoms with Crippen LogP contribution in [0.4, 0.5) is 10.7 Å². The van der Waals surface area contributed by atoms with Crippen LogP contribution in [0.2, 0.25) is 0 Å². The molecule has 2 aliphatic rings. The van der Waals surface area contributed by atoms with Crippen molar-refractivity contribution in [3.63, 3.8) is 0 Å². The molecule has 0 unspecified atom stereocenters. The molecule has 0 atom stereocenters. The molecule has 0 aliphatic carbocycles. The van der Waals surface area contributed by atoms with Crippen molar-refractivity contribution in [3.05, 3.63) is 47.8 Å². The molecular weight excluding hydrogens is 408 g/mol. The lowest BCUT2D eigenvalue weighted by molar-refractivity contribution is -0.131. The number of rotatable bonds is 5. The molecule has 8 heteroatoms. The lowest BCUT2D eigenvalue weighted by Crippen LogP contribution is -2.53. The largest absolute Gasteiger partial charge is 0.368 e. The third-order valence-electron chi connectivity index (χ3n) is 5.98. The van der Waals surface area contributed by atoms with Gasteiger partial charge in [0, 0.05) is 78.1 Å². The Hall–Kier alpha value is -2.74. The van der Waals surface area contributed by atoms with Gasteiger partial charge < -0.3 is 24.9 Å². The van der Waals surface area contributed by atoms with E-state index in [1.165, 1.54) is 10.7 Å². The Morgan fingerprint density at radius 3 is 2.23 bits per heavy atom. The van der Waals surface area contributed by atoms with Crippen LogP contribution in [0.3, 0.4) is 0 Å². The minimum Gasteiger partial charge on any atom is -0.368 e. The zero-order valence-corrected chi connectivity index (χ0v) is 19.1. The van der Waals surface area contributed by atoms with Gasteiger partial charge in [-0.05, 0) is 29.6 Å². The van der Waals surface area contributed by atoms with E-state index in [1.54, 1.807) is 11.3 Å². The summed E-state index contributed by atoms with van der Waals surface area (Å²) in [6, 6.07) is 14.7. The van der Waals surface area contributed by atoms with Gasteiger partial charge in [-0.2, -0.15) is 0 Å². The van der Waals surface area contributed by atoms with Gasteiger partial charge in [-0.25, -0.2) is 0 Å². The smallest absolute Gasteiger partial charge is 0.224 e. The molecule has 0 spiro atoms. The fourth-order valence-electron chi connectivity index (χ4n) is 4.21. The number of benzene rings is 1. The van der Waals surface area contributed by atoms with E-state index >= 15 is 0 Å². The van der Waals surface area contributed by atoms with Crippen LogP contribution in [0.5, 0.6) is 0 Å². The highest BCUT2D eigenvalue weighted by Gasteiger charge is 2.22. The molecule has 1 N–H and O–H groups in total. The number of nitrogens with one attached hydrogen (secondary N) is 1. The maximum atomic E-state index is 12.7. The number of carbonyl (C=O) groups is 1. The number of hydrogen-bond acceptors (Lipinski definition) is 5. The van der Waals surface area contributed by atoms with Crippen molar-refractivity contribution >= 4 is 33.9 Å². The second-order valence-electron chi connectivity index (χ2n) is 7.85. The van der Waals surface area contributed by atoms with E-state index in [0.29, 0.717) is 13.0 Å². The molecule has 1 aromatic heterocycles. The van der Waals surface area contributed by atoms with Gasteiger partial charge in [-0.1, -0.05) is 18.2 Å². The summed E-state index contributed by atoms with van der Waals surface area (Å²) >= 11 is 1.79. The quantitative estimate of drug-likeness (QED) is 0.571. The SMILES string of the molecule is CN=C(NCCC(=O)N1CCN(c2ccccc2)CC1)N1CCN(c2cccs2)CC1. The Morgan fingerprint density at radius 1 is 0.903 bits per heavy atom. The average Bonchev–Trinajstić information content (AvgIpc) is 3.38. The third kappa shape index (κ3) is 5.50. The van der Waals surface area contributed by atoms with E-state index in [4.69, 9.17) is 0 Å². The topological polar surface area (TPSA) is 54.4 Å². The molecule has 31 heavy (non-hydrogen) atoms. The molecule has 0 radical (unpaired) electrons. The number of thiophene rings is 1. The molecule has 2 fully saturated rings. The first-order chi connectivity index (χ1) is 15.2. The number of aliphatic imine (C=N–C) groups is 1. The maximum absolute atomic E-state index is 12.7. The summed E-state index contributed by atoms with van der Waals surface area (Å²) in [4.78, 5) is 26.2. The standard InChI is InChI=1S/C23H32N6OS/c1-24-23(29-17-15-28(16-18-29)22-8-5-19-31-22)25-10-9-21(30)27-13-11-26(12-14-27)20-6-3-2-4-7-20/h2-8,19H,9-18H2,1H3,(H,24,25). The molecule has 2 saturated heterocycles. The summed E-state index contributed by atoms with van der Waals surface area (Å²) in [6.45, 7) is 7.83.